The Kier molecular flexibility index (Phi) is 62.4. The third-order valence-corrected chi connectivity index (χ3v) is 16.3. The number of carbonyl (C=O) groups is 2. The van der Waals surface area contributed by atoms with Crippen LogP contribution in [-0.2, 0) is 32.7 Å². The molecule has 9 nitrogen and oxygen atoms in total. The predicted molar refractivity (Wildman–Crippen MR) is 331 cm³/mol. The summed E-state index contributed by atoms with van der Waals surface area (Å²) in [6.07, 6.45) is 77.0. The smallest absolute Gasteiger partial charge is 0.462 e. The van der Waals surface area contributed by atoms with Crippen LogP contribution in [0.3, 0.4) is 0 Å². The van der Waals surface area contributed by atoms with Crippen LogP contribution in [0.4, 0.5) is 0 Å². The Morgan fingerprint density at radius 1 is 0.390 bits per heavy atom. The van der Waals surface area contributed by atoms with E-state index in [2.05, 4.69) is 38.2 Å². The molecule has 0 aromatic carbocycles. The van der Waals surface area contributed by atoms with Gasteiger partial charge in [-0.3, -0.25) is 18.6 Å². The van der Waals surface area contributed by atoms with E-state index in [-0.39, 0.29) is 38.6 Å². The summed E-state index contributed by atoms with van der Waals surface area (Å²) in [6, 6.07) is 0. The van der Waals surface area contributed by atoms with Crippen LogP contribution in [0.5, 0.6) is 0 Å². The first-order chi connectivity index (χ1) is 37.8. The molecule has 0 radical (unpaired) electrons. The van der Waals surface area contributed by atoms with Gasteiger partial charge in [-0.1, -0.05) is 327 Å². The minimum atomic E-state index is -4.39. The number of phosphoric ester groups is 1. The van der Waals surface area contributed by atoms with Crippen molar-refractivity contribution in [2.75, 3.05) is 26.4 Å². The number of allylic oxidation sites excluding steroid dienone is 4. The summed E-state index contributed by atoms with van der Waals surface area (Å²) in [5, 5.41) is 0. The van der Waals surface area contributed by atoms with Gasteiger partial charge in [-0.25, -0.2) is 4.57 Å². The highest BCUT2D eigenvalue weighted by molar-refractivity contribution is 7.47. The van der Waals surface area contributed by atoms with Crippen LogP contribution in [-0.4, -0.2) is 49.3 Å². The molecule has 10 heteroatoms. The van der Waals surface area contributed by atoms with Crippen molar-refractivity contribution in [2.45, 2.75) is 367 Å². The van der Waals surface area contributed by atoms with Crippen LogP contribution in [0.15, 0.2) is 24.3 Å². The second kappa shape index (κ2) is 63.7. The molecule has 77 heavy (non-hydrogen) atoms. The minimum Gasteiger partial charge on any atom is -0.462 e. The number of nitrogens with two attached hydrogens (primary N) is 1. The second-order valence-corrected chi connectivity index (χ2v) is 24.5. The number of rotatable bonds is 65. The van der Waals surface area contributed by atoms with E-state index in [9.17, 15) is 19.0 Å². The van der Waals surface area contributed by atoms with E-state index in [0.717, 1.165) is 38.5 Å². The summed E-state index contributed by atoms with van der Waals surface area (Å²) < 4.78 is 33.2. The fourth-order valence-corrected chi connectivity index (χ4v) is 11.1. The summed E-state index contributed by atoms with van der Waals surface area (Å²) in [4.78, 5) is 35.3. The average molecular weight is 1110 g/mol. The predicted octanol–water partition coefficient (Wildman–Crippen LogP) is 21.8. The first-order valence-corrected chi connectivity index (χ1v) is 35.3. The summed E-state index contributed by atoms with van der Waals surface area (Å²) in [6.45, 7) is 3.81. The Bertz CT molecular complexity index is 1310. The van der Waals surface area contributed by atoms with Crippen LogP contribution in [0, 0.1) is 0 Å². The molecule has 0 fully saturated rings. The standard InChI is InChI=1S/C67H130NO8P/c1-3-5-7-9-11-13-15-17-19-21-23-25-27-29-31-32-34-36-38-40-42-44-46-48-50-52-54-56-58-60-67(70)76-65(64-75-77(71,72)74-62-61-68)63-73-66(69)59-57-55-53-51-49-47-45-43-41-39-37-35-33-30-28-26-24-22-20-18-16-14-12-10-8-6-4-2/h15,17,21,23,65H,3-14,16,18-20,22,24-64,68H2,1-2H3,(H,71,72)/b17-15-,23-21-. The molecular weight excluding hydrogens is 978 g/mol. The Morgan fingerprint density at radius 2 is 0.675 bits per heavy atom. The van der Waals surface area contributed by atoms with E-state index in [4.69, 9.17) is 24.3 Å². The molecular formula is C67H130NO8P. The van der Waals surface area contributed by atoms with Gasteiger partial charge < -0.3 is 20.1 Å². The fraction of sp³-hybridized carbons (Fsp3) is 0.910. The monoisotopic (exact) mass is 1110 g/mol. The van der Waals surface area contributed by atoms with Gasteiger partial charge in [-0.2, -0.15) is 0 Å². The molecule has 0 heterocycles. The van der Waals surface area contributed by atoms with Gasteiger partial charge in [0.2, 0.25) is 0 Å². The molecule has 0 aromatic rings. The van der Waals surface area contributed by atoms with Crippen molar-refractivity contribution in [3.63, 3.8) is 0 Å². The summed E-state index contributed by atoms with van der Waals surface area (Å²) in [7, 11) is -4.39. The Morgan fingerprint density at radius 3 is 0.987 bits per heavy atom. The van der Waals surface area contributed by atoms with Gasteiger partial charge in [0.05, 0.1) is 13.2 Å². The third-order valence-electron chi connectivity index (χ3n) is 15.3. The lowest BCUT2D eigenvalue weighted by molar-refractivity contribution is -0.161. The molecule has 0 aliphatic carbocycles. The number of ether oxygens (including phenoxy) is 2. The van der Waals surface area contributed by atoms with Gasteiger partial charge in [0.15, 0.2) is 6.10 Å². The van der Waals surface area contributed by atoms with Gasteiger partial charge in [0, 0.05) is 19.4 Å². The van der Waals surface area contributed by atoms with E-state index >= 15 is 0 Å². The van der Waals surface area contributed by atoms with Crippen LogP contribution in [0.1, 0.15) is 361 Å². The number of hydrogen-bond acceptors (Lipinski definition) is 8. The van der Waals surface area contributed by atoms with Crippen LogP contribution in [0.2, 0.25) is 0 Å². The summed E-state index contributed by atoms with van der Waals surface area (Å²) in [5.41, 5.74) is 5.40. The summed E-state index contributed by atoms with van der Waals surface area (Å²) in [5.74, 6) is -0.804. The zero-order valence-corrected chi connectivity index (χ0v) is 52.1. The largest absolute Gasteiger partial charge is 0.472 e. The highest BCUT2D eigenvalue weighted by atomic mass is 31.2. The van der Waals surface area contributed by atoms with Crippen molar-refractivity contribution >= 4 is 19.8 Å². The van der Waals surface area contributed by atoms with E-state index in [1.807, 2.05) is 0 Å². The maximum atomic E-state index is 12.7. The highest BCUT2D eigenvalue weighted by Crippen LogP contribution is 2.43. The molecule has 0 amide bonds. The molecule has 0 aliphatic rings. The lowest BCUT2D eigenvalue weighted by Crippen LogP contribution is -2.29. The van der Waals surface area contributed by atoms with Gasteiger partial charge in [-0.05, 0) is 44.9 Å². The van der Waals surface area contributed by atoms with Crippen LogP contribution in [0.25, 0.3) is 0 Å². The number of unbranched alkanes of at least 4 members (excludes halogenated alkanes) is 48. The molecule has 0 spiro atoms. The quantitative estimate of drug-likeness (QED) is 0.0264. The molecule has 0 aliphatic heterocycles. The first-order valence-electron chi connectivity index (χ1n) is 33.8. The van der Waals surface area contributed by atoms with E-state index in [1.54, 1.807) is 0 Å². The first kappa shape index (κ1) is 75.5. The average Bonchev–Trinajstić information content (AvgIpc) is 3.42. The molecule has 0 aromatic heterocycles. The molecule has 456 valence electrons. The zero-order chi connectivity index (χ0) is 55.9. The van der Waals surface area contributed by atoms with Crippen molar-refractivity contribution in [2.24, 2.45) is 5.73 Å². The SMILES string of the molecule is CCCCCCC/C=C\C/C=C\CCCCCCCCCCCCCCCCCCCC(=O)OC(COC(=O)CCCCCCCCCCCCCCCCCCCCCCCCCCCCC)COP(=O)(O)OCCN. The van der Waals surface area contributed by atoms with Gasteiger partial charge >= 0.3 is 19.8 Å². The highest BCUT2D eigenvalue weighted by Gasteiger charge is 2.26. The van der Waals surface area contributed by atoms with Crippen molar-refractivity contribution < 1.29 is 37.6 Å². The molecule has 0 rings (SSSR count). The molecule has 3 N–H and O–H groups in total. The molecule has 0 bridgehead atoms. The number of phosphoric acid groups is 1. The second-order valence-electron chi connectivity index (χ2n) is 23.1. The van der Waals surface area contributed by atoms with E-state index in [0.29, 0.717) is 6.42 Å². The third kappa shape index (κ3) is 63.5. The lowest BCUT2D eigenvalue weighted by atomic mass is 10.0. The topological polar surface area (TPSA) is 134 Å². The minimum absolute atomic E-state index is 0.0567. The fourth-order valence-electron chi connectivity index (χ4n) is 10.3. The lowest BCUT2D eigenvalue weighted by Gasteiger charge is -2.19. The summed E-state index contributed by atoms with van der Waals surface area (Å²) >= 11 is 0. The maximum absolute atomic E-state index is 12.7. The zero-order valence-electron chi connectivity index (χ0n) is 51.2. The van der Waals surface area contributed by atoms with Gasteiger partial charge in [0.1, 0.15) is 6.61 Å². The van der Waals surface area contributed by atoms with E-state index in [1.165, 1.54) is 289 Å². The van der Waals surface area contributed by atoms with Crippen molar-refractivity contribution in [3.05, 3.63) is 24.3 Å². The number of carbonyl (C=O) groups excluding carboxylic acids is 2. The normalized spacial score (nSPS) is 13.0. The Balaban J connectivity index is 3.84. The van der Waals surface area contributed by atoms with Crippen molar-refractivity contribution in [1.29, 1.82) is 0 Å². The van der Waals surface area contributed by atoms with E-state index < -0.39 is 26.5 Å². The number of esters is 2. The maximum Gasteiger partial charge on any atom is 0.472 e. The van der Waals surface area contributed by atoms with Crippen LogP contribution < -0.4 is 5.73 Å². The number of hydrogen-bond donors (Lipinski definition) is 2. The Hall–Kier alpha value is -1.51. The van der Waals surface area contributed by atoms with Crippen LogP contribution >= 0.6 is 7.82 Å². The molecule has 0 saturated heterocycles. The van der Waals surface area contributed by atoms with Gasteiger partial charge in [-0.15, -0.1) is 0 Å². The van der Waals surface area contributed by atoms with Crippen molar-refractivity contribution in [3.8, 4) is 0 Å². The van der Waals surface area contributed by atoms with Crippen molar-refractivity contribution in [1.82, 2.24) is 0 Å². The molecule has 2 unspecified atom stereocenters. The molecule has 0 saturated carbocycles. The molecule has 2 atom stereocenters. The Labute approximate surface area is 478 Å². The van der Waals surface area contributed by atoms with Gasteiger partial charge in [0.25, 0.3) is 0 Å².